The minimum Gasteiger partial charge on any atom is -0.283 e. The Kier molecular flexibility index (Phi) is 3.64. The molecule has 0 saturated carbocycles. The topological polar surface area (TPSA) is 88.5 Å². The highest BCUT2D eigenvalue weighted by molar-refractivity contribution is 7.92. The fourth-order valence-electron chi connectivity index (χ4n) is 0.655. The molecule has 0 aliphatic rings. The quantitative estimate of drug-likeness (QED) is 0.614. The maximum atomic E-state index is 13.1. The summed E-state index contributed by atoms with van der Waals surface area (Å²) in [6.07, 6.45) is -0.332. The second-order valence-corrected chi connectivity index (χ2v) is 7.03. The normalized spacial score (nSPS) is 18.8. The SMILES string of the molecule is CC(F)(C(F)(F)C(F)(F)S(C)(=O)=O)S(=O)(=O)O. The van der Waals surface area contributed by atoms with Crippen molar-refractivity contribution >= 4 is 20.0 Å². The monoisotopic (exact) mass is 306 g/mol. The fraction of sp³-hybridized carbons (Fsp3) is 1.00. The van der Waals surface area contributed by atoms with Crippen molar-refractivity contribution in [3.63, 3.8) is 0 Å². The number of alkyl halides is 5. The summed E-state index contributed by atoms with van der Waals surface area (Å²) in [7, 11) is -12.1. The lowest BCUT2D eigenvalue weighted by Crippen LogP contribution is -2.60. The van der Waals surface area contributed by atoms with Crippen molar-refractivity contribution in [3.05, 3.63) is 0 Å². The van der Waals surface area contributed by atoms with E-state index in [2.05, 4.69) is 0 Å². The van der Waals surface area contributed by atoms with Crippen molar-refractivity contribution < 1.29 is 43.3 Å². The zero-order valence-corrected chi connectivity index (χ0v) is 9.92. The van der Waals surface area contributed by atoms with Gasteiger partial charge in [-0.05, 0) is 6.92 Å². The van der Waals surface area contributed by atoms with Crippen LogP contribution in [0.3, 0.4) is 0 Å². The summed E-state index contributed by atoms with van der Waals surface area (Å²) in [5, 5.41) is -11.2. The molecule has 0 saturated heterocycles. The summed E-state index contributed by atoms with van der Waals surface area (Å²) in [6, 6.07) is 0. The van der Waals surface area contributed by atoms with Crippen molar-refractivity contribution in [1.29, 1.82) is 0 Å². The first-order valence-electron chi connectivity index (χ1n) is 3.61. The summed E-state index contributed by atoms with van der Waals surface area (Å²) in [6.45, 7) is -0.568. The van der Waals surface area contributed by atoms with E-state index in [9.17, 15) is 38.8 Å². The zero-order valence-electron chi connectivity index (χ0n) is 8.29. The van der Waals surface area contributed by atoms with Gasteiger partial charge in [0.05, 0.1) is 0 Å². The van der Waals surface area contributed by atoms with Gasteiger partial charge in [-0.15, -0.1) is 0 Å². The number of hydrogen-bond donors (Lipinski definition) is 1. The second kappa shape index (κ2) is 3.75. The van der Waals surface area contributed by atoms with E-state index in [4.69, 9.17) is 4.55 Å². The molecule has 5 nitrogen and oxygen atoms in total. The summed E-state index contributed by atoms with van der Waals surface area (Å²) >= 11 is 0. The van der Waals surface area contributed by atoms with E-state index >= 15 is 0 Å². The Hall–Kier alpha value is -0.490. The van der Waals surface area contributed by atoms with Gasteiger partial charge in [0.1, 0.15) is 0 Å². The molecule has 0 aliphatic heterocycles. The van der Waals surface area contributed by atoms with Crippen LogP contribution in [0.15, 0.2) is 0 Å². The molecule has 17 heavy (non-hydrogen) atoms. The molecular weight excluding hydrogens is 299 g/mol. The van der Waals surface area contributed by atoms with E-state index in [1.54, 1.807) is 0 Å². The fourth-order valence-corrected chi connectivity index (χ4v) is 1.83. The van der Waals surface area contributed by atoms with E-state index in [1.807, 2.05) is 0 Å². The van der Waals surface area contributed by atoms with Gasteiger partial charge in [-0.1, -0.05) is 0 Å². The van der Waals surface area contributed by atoms with Crippen LogP contribution in [0.4, 0.5) is 22.0 Å². The van der Waals surface area contributed by atoms with E-state index in [0.29, 0.717) is 0 Å². The molecular formula is C5H7F5O5S2. The Morgan fingerprint density at radius 1 is 0.941 bits per heavy atom. The average Bonchev–Trinajstić information content (AvgIpc) is 1.98. The van der Waals surface area contributed by atoms with Crippen LogP contribution in [0, 0.1) is 0 Å². The van der Waals surface area contributed by atoms with Gasteiger partial charge in [0.25, 0.3) is 0 Å². The Morgan fingerprint density at radius 3 is 1.41 bits per heavy atom. The number of sulfone groups is 1. The molecule has 0 heterocycles. The Morgan fingerprint density at radius 2 is 1.24 bits per heavy atom. The van der Waals surface area contributed by atoms with Gasteiger partial charge in [-0.2, -0.15) is 26.0 Å². The van der Waals surface area contributed by atoms with Crippen molar-refractivity contribution in [2.45, 2.75) is 23.1 Å². The van der Waals surface area contributed by atoms with Gasteiger partial charge in [-0.3, -0.25) is 4.55 Å². The van der Waals surface area contributed by atoms with Crippen LogP contribution in [0.25, 0.3) is 0 Å². The van der Waals surface area contributed by atoms with Crippen molar-refractivity contribution in [2.75, 3.05) is 6.26 Å². The third-order valence-corrected chi connectivity index (χ3v) is 4.29. The maximum Gasteiger partial charge on any atom is 0.411 e. The highest BCUT2D eigenvalue weighted by Crippen LogP contribution is 2.49. The van der Waals surface area contributed by atoms with E-state index in [-0.39, 0.29) is 6.26 Å². The van der Waals surface area contributed by atoms with Gasteiger partial charge < -0.3 is 0 Å². The largest absolute Gasteiger partial charge is 0.411 e. The van der Waals surface area contributed by atoms with Crippen LogP contribution in [0.1, 0.15) is 6.92 Å². The molecule has 0 fully saturated rings. The van der Waals surface area contributed by atoms with E-state index < -0.39 is 43.1 Å². The Balaban J connectivity index is 6.10. The molecule has 0 amide bonds. The third-order valence-electron chi connectivity index (χ3n) is 1.88. The Bertz CT molecular complexity index is 459. The molecule has 1 unspecified atom stereocenters. The second-order valence-electron chi connectivity index (χ2n) is 3.26. The summed E-state index contributed by atoms with van der Waals surface area (Å²) < 4.78 is 114. The highest BCUT2D eigenvalue weighted by Gasteiger charge is 2.77. The molecule has 12 heteroatoms. The smallest absolute Gasteiger partial charge is 0.283 e. The minimum atomic E-state index is -6.26. The van der Waals surface area contributed by atoms with Crippen LogP contribution in [0.5, 0.6) is 0 Å². The lowest BCUT2D eigenvalue weighted by atomic mass is 10.2. The van der Waals surface area contributed by atoms with Crippen molar-refractivity contribution in [2.24, 2.45) is 0 Å². The van der Waals surface area contributed by atoms with Gasteiger partial charge >= 0.3 is 26.3 Å². The van der Waals surface area contributed by atoms with Crippen molar-refractivity contribution in [1.82, 2.24) is 0 Å². The van der Waals surface area contributed by atoms with Crippen LogP contribution in [-0.4, -0.2) is 43.8 Å². The molecule has 0 spiro atoms. The van der Waals surface area contributed by atoms with Crippen LogP contribution >= 0.6 is 0 Å². The molecule has 1 atom stereocenters. The van der Waals surface area contributed by atoms with Crippen molar-refractivity contribution in [3.8, 4) is 0 Å². The first-order valence-corrected chi connectivity index (χ1v) is 6.94. The van der Waals surface area contributed by atoms with Gasteiger partial charge in [0.15, 0.2) is 0 Å². The van der Waals surface area contributed by atoms with Gasteiger partial charge in [0, 0.05) is 6.26 Å². The predicted octanol–water partition coefficient (Wildman–Crippen LogP) is 0.833. The summed E-state index contributed by atoms with van der Waals surface area (Å²) in [5.74, 6) is -6.17. The molecule has 104 valence electrons. The lowest BCUT2D eigenvalue weighted by molar-refractivity contribution is -0.204. The number of rotatable bonds is 4. The standard InChI is InChI=1S/C5H7F5O5S2/c1-3(6,17(13,14)15)4(7,8)5(9,10)16(2,11)12/h1-2H3,(H,13,14,15). The molecule has 0 bridgehead atoms. The van der Waals surface area contributed by atoms with Crippen LogP contribution < -0.4 is 0 Å². The first kappa shape index (κ1) is 16.5. The van der Waals surface area contributed by atoms with Crippen LogP contribution in [0.2, 0.25) is 0 Å². The van der Waals surface area contributed by atoms with Gasteiger partial charge in [-0.25, -0.2) is 12.8 Å². The number of halogens is 5. The maximum absolute atomic E-state index is 13.1. The highest BCUT2D eigenvalue weighted by atomic mass is 32.2. The molecule has 0 rings (SSSR count). The first-order chi connectivity index (χ1) is 7.00. The minimum absolute atomic E-state index is 0.332. The van der Waals surface area contributed by atoms with E-state index in [1.165, 1.54) is 0 Å². The summed E-state index contributed by atoms with van der Waals surface area (Å²) in [5.41, 5.74) is 0. The molecule has 1 N–H and O–H groups in total. The lowest BCUT2D eigenvalue weighted by Gasteiger charge is -2.32. The summed E-state index contributed by atoms with van der Waals surface area (Å²) in [4.78, 5) is 0. The number of hydrogen-bond acceptors (Lipinski definition) is 4. The predicted molar refractivity (Wildman–Crippen MR) is 45.8 cm³/mol. The molecule has 0 aliphatic carbocycles. The van der Waals surface area contributed by atoms with Gasteiger partial charge in [0.2, 0.25) is 9.84 Å². The third kappa shape index (κ3) is 2.25. The van der Waals surface area contributed by atoms with Crippen LogP contribution in [-0.2, 0) is 20.0 Å². The Labute approximate surface area is 93.3 Å². The molecule has 0 radical (unpaired) electrons. The molecule has 0 aromatic carbocycles. The van der Waals surface area contributed by atoms with E-state index in [0.717, 1.165) is 0 Å². The average molecular weight is 306 g/mol. The molecule has 0 aromatic rings. The zero-order chi connectivity index (χ0) is 14.5. The molecule has 0 aromatic heterocycles.